The van der Waals surface area contributed by atoms with E-state index in [1.54, 1.807) is 0 Å². The van der Waals surface area contributed by atoms with Crippen LogP contribution in [0.1, 0.15) is 33.6 Å². The summed E-state index contributed by atoms with van der Waals surface area (Å²) in [5.74, 6) is 1.22. The third-order valence-electron chi connectivity index (χ3n) is 3.50. The minimum absolute atomic E-state index is 0.00169. The number of hydrogen-bond donors (Lipinski definition) is 2. The Morgan fingerprint density at radius 3 is 2.56 bits per heavy atom. The molecule has 1 aliphatic heterocycles. The molecule has 1 amide bonds. The molecule has 0 bridgehead atoms. The highest BCUT2D eigenvalue weighted by Crippen LogP contribution is 2.15. The first-order valence-corrected chi connectivity index (χ1v) is 7.08. The molecule has 0 radical (unpaired) electrons. The van der Waals surface area contributed by atoms with Crippen LogP contribution in [-0.4, -0.2) is 50.1 Å². The van der Waals surface area contributed by atoms with E-state index in [4.69, 9.17) is 0 Å². The lowest BCUT2D eigenvalue weighted by Gasteiger charge is -2.26. The fourth-order valence-electron chi connectivity index (χ4n) is 2.67. The van der Waals surface area contributed by atoms with E-state index >= 15 is 0 Å². The largest absolute Gasteiger partial charge is 0.351 e. The van der Waals surface area contributed by atoms with Crippen molar-refractivity contribution in [2.45, 2.75) is 45.7 Å². The van der Waals surface area contributed by atoms with Crippen LogP contribution >= 0.6 is 0 Å². The zero-order chi connectivity index (χ0) is 13.7. The zero-order valence-electron chi connectivity index (χ0n) is 12.5. The highest BCUT2D eigenvalue weighted by atomic mass is 16.2. The smallest absolute Gasteiger partial charge is 0.237 e. The van der Waals surface area contributed by atoms with Gasteiger partial charge in [-0.25, -0.2) is 0 Å². The van der Waals surface area contributed by atoms with Gasteiger partial charge in [0, 0.05) is 12.6 Å². The van der Waals surface area contributed by atoms with E-state index in [2.05, 4.69) is 50.4 Å². The molecule has 18 heavy (non-hydrogen) atoms. The van der Waals surface area contributed by atoms with Crippen molar-refractivity contribution in [2.24, 2.45) is 11.8 Å². The molecule has 2 N–H and O–H groups in total. The van der Waals surface area contributed by atoms with Gasteiger partial charge in [0.15, 0.2) is 0 Å². The molecule has 3 atom stereocenters. The Hall–Kier alpha value is -0.610. The van der Waals surface area contributed by atoms with Crippen LogP contribution in [0.5, 0.6) is 0 Å². The van der Waals surface area contributed by atoms with Crippen molar-refractivity contribution < 1.29 is 4.79 Å². The third kappa shape index (κ3) is 4.94. The lowest BCUT2D eigenvalue weighted by Crippen LogP contribution is -2.50. The van der Waals surface area contributed by atoms with E-state index in [9.17, 15) is 4.79 Å². The predicted octanol–water partition coefficient (Wildman–Crippen LogP) is 1.08. The Kier molecular flexibility index (Phi) is 6.09. The summed E-state index contributed by atoms with van der Waals surface area (Å²) in [5, 5.41) is 6.50. The molecule has 0 aliphatic carbocycles. The molecule has 1 rings (SSSR count). The molecule has 0 aromatic rings. The highest BCUT2D eigenvalue weighted by molar-refractivity contribution is 5.82. The van der Waals surface area contributed by atoms with Crippen LogP contribution in [-0.2, 0) is 4.79 Å². The van der Waals surface area contributed by atoms with Crippen LogP contribution < -0.4 is 10.6 Å². The first kappa shape index (κ1) is 15.4. The summed E-state index contributed by atoms with van der Waals surface area (Å²) < 4.78 is 0. The van der Waals surface area contributed by atoms with Gasteiger partial charge in [-0.05, 0) is 45.3 Å². The second kappa shape index (κ2) is 7.10. The van der Waals surface area contributed by atoms with Crippen molar-refractivity contribution in [3.63, 3.8) is 0 Å². The van der Waals surface area contributed by atoms with Gasteiger partial charge in [0.05, 0.1) is 6.04 Å². The van der Waals surface area contributed by atoms with Crippen LogP contribution in [0, 0.1) is 11.8 Å². The van der Waals surface area contributed by atoms with E-state index in [1.807, 2.05) is 0 Å². The number of nitrogens with one attached hydrogen (secondary N) is 2. The van der Waals surface area contributed by atoms with E-state index in [-0.39, 0.29) is 18.0 Å². The van der Waals surface area contributed by atoms with Gasteiger partial charge in [0.1, 0.15) is 0 Å². The number of nitrogens with zero attached hydrogens (tertiary/aromatic N) is 1. The Morgan fingerprint density at radius 2 is 2.11 bits per heavy atom. The van der Waals surface area contributed by atoms with E-state index < -0.39 is 0 Å². The van der Waals surface area contributed by atoms with Gasteiger partial charge in [0.2, 0.25) is 5.91 Å². The maximum atomic E-state index is 12.2. The number of rotatable bonds is 6. The van der Waals surface area contributed by atoms with E-state index in [0.717, 1.165) is 25.9 Å². The van der Waals surface area contributed by atoms with Gasteiger partial charge in [-0.15, -0.1) is 0 Å². The molecule has 4 nitrogen and oxygen atoms in total. The monoisotopic (exact) mass is 255 g/mol. The maximum absolute atomic E-state index is 12.2. The van der Waals surface area contributed by atoms with Crippen LogP contribution in [0.3, 0.4) is 0 Å². The van der Waals surface area contributed by atoms with Gasteiger partial charge in [-0.3, -0.25) is 4.79 Å². The summed E-state index contributed by atoms with van der Waals surface area (Å²) in [6.07, 6.45) is 2.13. The average Bonchev–Trinajstić information content (AvgIpc) is 2.61. The van der Waals surface area contributed by atoms with Crippen molar-refractivity contribution in [2.75, 3.05) is 27.2 Å². The van der Waals surface area contributed by atoms with E-state index in [1.165, 1.54) is 0 Å². The lowest BCUT2D eigenvalue weighted by atomic mass is 10.00. The fourth-order valence-corrected chi connectivity index (χ4v) is 2.67. The summed E-state index contributed by atoms with van der Waals surface area (Å²) in [6.45, 7) is 8.41. The quantitative estimate of drug-likeness (QED) is 0.746. The molecule has 1 heterocycles. The molecule has 3 unspecified atom stereocenters. The Balaban J connectivity index is 2.50. The van der Waals surface area contributed by atoms with Gasteiger partial charge >= 0.3 is 0 Å². The van der Waals surface area contributed by atoms with Crippen molar-refractivity contribution in [1.82, 2.24) is 15.5 Å². The molecule has 1 fully saturated rings. The van der Waals surface area contributed by atoms with Gasteiger partial charge < -0.3 is 15.5 Å². The molecule has 0 aromatic carbocycles. The average molecular weight is 255 g/mol. The summed E-state index contributed by atoms with van der Waals surface area (Å²) >= 11 is 0. The number of carbonyl (C=O) groups is 1. The Morgan fingerprint density at radius 1 is 1.44 bits per heavy atom. The predicted molar refractivity (Wildman–Crippen MR) is 75.5 cm³/mol. The van der Waals surface area contributed by atoms with Crippen molar-refractivity contribution in [3.05, 3.63) is 0 Å². The molecule has 106 valence electrons. The normalized spacial score (nSPS) is 25.7. The summed E-state index contributed by atoms with van der Waals surface area (Å²) in [6, 6.07) is 0.254. The molecule has 1 saturated heterocycles. The number of likely N-dealkylation sites (N-methyl/N-ethyl adjacent to an activating group) is 1. The summed E-state index contributed by atoms with van der Waals surface area (Å²) in [7, 11) is 4.10. The summed E-state index contributed by atoms with van der Waals surface area (Å²) in [5.41, 5.74) is 0. The number of hydrogen-bond acceptors (Lipinski definition) is 3. The topological polar surface area (TPSA) is 44.4 Å². The molecular formula is C14H29N3O. The van der Waals surface area contributed by atoms with Crippen LogP contribution in [0.15, 0.2) is 0 Å². The third-order valence-corrected chi connectivity index (χ3v) is 3.50. The molecule has 0 spiro atoms. The minimum atomic E-state index is 0.00169. The van der Waals surface area contributed by atoms with Crippen molar-refractivity contribution >= 4 is 5.91 Å². The first-order chi connectivity index (χ1) is 8.40. The maximum Gasteiger partial charge on any atom is 0.237 e. The second-order valence-electron chi connectivity index (χ2n) is 6.30. The standard InChI is InChI=1S/C14H29N3O/c1-10(2)8-12(9-17(4)5)16-14(18)13-11(3)6-7-15-13/h10-13,15H,6-9H2,1-5H3,(H,16,18). The second-order valence-corrected chi connectivity index (χ2v) is 6.30. The van der Waals surface area contributed by atoms with Crippen LogP contribution in [0.2, 0.25) is 0 Å². The van der Waals surface area contributed by atoms with Crippen molar-refractivity contribution in [3.8, 4) is 0 Å². The molecule has 1 aliphatic rings. The van der Waals surface area contributed by atoms with Gasteiger partial charge in [-0.1, -0.05) is 20.8 Å². The van der Waals surface area contributed by atoms with Gasteiger partial charge in [0.25, 0.3) is 0 Å². The van der Waals surface area contributed by atoms with Crippen LogP contribution in [0.4, 0.5) is 0 Å². The Labute approximate surface area is 111 Å². The number of carbonyl (C=O) groups excluding carboxylic acids is 1. The Bertz CT molecular complexity index is 256. The van der Waals surface area contributed by atoms with Gasteiger partial charge in [-0.2, -0.15) is 0 Å². The molecule has 0 aromatic heterocycles. The van der Waals surface area contributed by atoms with E-state index in [0.29, 0.717) is 11.8 Å². The highest BCUT2D eigenvalue weighted by Gasteiger charge is 2.30. The molecular weight excluding hydrogens is 226 g/mol. The molecule has 0 saturated carbocycles. The van der Waals surface area contributed by atoms with Crippen molar-refractivity contribution in [1.29, 1.82) is 0 Å². The first-order valence-electron chi connectivity index (χ1n) is 7.08. The fraction of sp³-hybridized carbons (Fsp3) is 0.929. The zero-order valence-corrected chi connectivity index (χ0v) is 12.5. The van der Waals surface area contributed by atoms with Crippen LogP contribution in [0.25, 0.3) is 0 Å². The SMILES string of the molecule is CC(C)CC(CN(C)C)NC(=O)C1NCCC1C. The summed E-state index contributed by atoms with van der Waals surface area (Å²) in [4.78, 5) is 14.4. The molecule has 4 heteroatoms. The minimum Gasteiger partial charge on any atom is -0.351 e. The lowest BCUT2D eigenvalue weighted by molar-refractivity contribution is -0.124. The number of amides is 1.